The smallest absolute Gasteiger partial charge is 0.355 e. The van der Waals surface area contributed by atoms with E-state index in [9.17, 15) is 9.59 Å². The van der Waals surface area contributed by atoms with Crippen LogP contribution in [0.4, 0.5) is 0 Å². The van der Waals surface area contributed by atoms with E-state index < -0.39 is 5.97 Å². The summed E-state index contributed by atoms with van der Waals surface area (Å²) >= 11 is 0. The lowest BCUT2D eigenvalue weighted by Crippen LogP contribution is -2.19. The molecule has 1 aromatic carbocycles. The molecular weight excluding hydrogens is 354 g/mol. The third kappa shape index (κ3) is 4.04. The van der Waals surface area contributed by atoms with Gasteiger partial charge in [0.15, 0.2) is 5.78 Å². The third-order valence-corrected chi connectivity index (χ3v) is 5.46. The summed E-state index contributed by atoms with van der Waals surface area (Å²) in [5, 5.41) is 0. The Morgan fingerprint density at radius 2 is 1.82 bits per heavy atom. The van der Waals surface area contributed by atoms with Crippen LogP contribution in [0.25, 0.3) is 0 Å². The Morgan fingerprint density at radius 3 is 2.43 bits per heavy atom. The highest BCUT2D eigenvalue weighted by molar-refractivity contribution is 6.03. The topological polar surface area (TPSA) is 68.4 Å². The molecule has 5 nitrogen and oxygen atoms in total. The Kier molecular flexibility index (Phi) is 5.75. The number of carbonyl (C=O) groups is 2. The van der Waals surface area contributed by atoms with E-state index >= 15 is 0 Å². The van der Waals surface area contributed by atoms with Crippen LogP contribution in [0.1, 0.15) is 76.3 Å². The zero-order valence-corrected chi connectivity index (χ0v) is 17.3. The summed E-state index contributed by atoms with van der Waals surface area (Å²) in [6.45, 7) is 8.90. The number of ketones is 1. The summed E-state index contributed by atoms with van der Waals surface area (Å²) in [6, 6.07) is 8.54. The molecule has 1 aliphatic rings. The van der Waals surface area contributed by atoms with Crippen molar-refractivity contribution < 1.29 is 19.1 Å². The predicted octanol–water partition coefficient (Wildman–Crippen LogP) is 4.34. The number of fused-ring (bicyclic) bond motifs is 1. The van der Waals surface area contributed by atoms with Crippen LogP contribution in [0.3, 0.4) is 0 Å². The SMILES string of the molecule is COCCOC(=O)c1[nH]c2c(c1C)C(=O)C[C@H](c1ccc(C(C)(C)C)cc1)C2. The largest absolute Gasteiger partial charge is 0.459 e. The average molecular weight is 383 g/mol. The molecule has 150 valence electrons. The number of benzene rings is 1. The van der Waals surface area contributed by atoms with Crippen molar-refractivity contribution in [2.45, 2.75) is 51.9 Å². The number of aromatic nitrogens is 1. The van der Waals surface area contributed by atoms with Gasteiger partial charge in [0, 0.05) is 24.8 Å². The fourth-order valence-electron chi connectivity index (χ4n) is 3.82. The molecule has 1 atom stereocenters. The van der Waals surface area contributed by atoms with Crippen LogP contribution in [-0.2, 0) is 21.3 Å². The number of rotatable bonds is 5. The Morgan fingerprint density at radius 1 is 1.14 bits per heavy atom. The van der Waals surface area contributed by atoms with Gasteiger partial charge in [-0.1, -0.05) is 45.0 Å². The van der Waals surface area contributed by atoms with E-state index in [1.165, 1.54) is 5.56 Å². The highest BCUT2D eigenvalue weighted by Gasteiger charge is 2.32. The summed E-state index contributed by atoms with van der Waals surface area (Å²) in [6.07, 6.45) is 1.17. The average Bonchev–Trinajstić information content (AvgIpc) is 2.98. The molecule has 0 saturated carbocycles. The van der Waals surface area contributed by atoms with Crippen molar-refractivity contribution >= 4 is 11.8 Å². The molecule has 0 saturated heterocycles. The van der Waals surface area contributed by atoms with Gasteiger partial charge in [0.1, 0.15) is 12.3 Å². The maximum Gasteiger partial charge on any atom is 0.355 e. The van der Waals surface area contributed by atoms with Gasteiger partial charge in [-0.05, 0) is 41.4 Å². The second-order valence-electron chi connectivity index (χ2n) is 8.51. The molecule has 0 fully saturated rings. The van der Waals surface area contributed by atoms with Crippen LogP contribution < -0.4 is 0 Å². The van der Waals surface area contributed by atoms with Crippen molar-refractivity contribution in [1.82, 2.24) is 4.98 Å². The molecule has 1 aliphatic carbocycles. The van der Waals surface area contributed by atoms with Crippen LogP contribution >= 0.6 is 0 Å². The van der Waals surface area contributed by atoms with Gasteiger partial charge in [-0.3, -0.25) is 4.79 Å². The Labute approximate surface area is 166 Å². The maximum atomic E-state index is 12.8. The second kappa shape index (κ2) is 7.92. The van der Waals surface area contributed by atoms with Gasteiger partial charge in [-0.25, -0.2) is 4.79 Å². The molecule has 0 aliphatic heterocycles. The van der Waals surface area contributed by atoms with E-state index in [0.717, 1.165) is 11.3 Å². The standard InChI is InChI=1S/C23H29NO4/c1-14-20-18(24-21(14)22(26)28-11-10-27-5)12-16(13-19(20)25)15-6-8-17(9-7-15)23(2,3)4/h6-9,16,24H,10-13H2,1-5H3/t16-/m1/s1. The second-order valence-corrected chi connectivity index (χ2v) is 8.51. The molecule has 0 unspecified atom stereocenters. The highest BCUT2D eigenvalue weighted by Crippen LogP contribution is 2.36. The van der Waals surface area contributed by atoms with Crippen LogP contribution in [0.2, 0.25) is 0 Å². The van der Waals surface area contributed by atoms with Gasteiger partial charge >= 0.3 is 5.97 Å². The highest BCUT2D eigenvalue weighted by atomic mass is 16.6. The molecule has 1 aromatic heterocycles. The monoisotopic (exact) mass is 383 g/mol. The van der Waals surface area contributed by atoms with Crippen LogP contribution in [0, 0.1) is 6.92 Å². The molecule has 0 amide bonds. The number of ether oxygens (including phenoxy) is 2. The molecule has 1 heterocycles. The number of Topliss-reactive ketones (excluding diaryl/α,β-unsaturated/α-hetero) is 1. The van der Waals surface area contributed by atoms with Crippen molar-refractivity contribution in [2.75, 3.05) is 20.3 Å². The molecule has 0 bridgehead atoms. The van der Waals surface area contributed by atoms with E-state index in [0.29, 0.717) is 36.3 Å². The number of esters is 1. The minimum absolute atomic E-state index is 0.0795. The number of nitrogens with one attached hydrogen (secondary N) is 1. The van der Waals surface area contributed by atoms with Crippen molar-refractivity contribution in [2.24, 2.45) is 0 Å². The normalized spacial score (nSPS) is 16.8. The summed E-state index contributed by atoms with van der Waals surface area (Å²) < 4.78 is 10.1. The van der Waals surface area contributed by atoms with E-state index in [2.05, 4.69) is 50.0 Å². The fourth-order valence-corrected chi connectivity index (χ4v) is 3.82. The van der Waals surface area contributed by atoms with Crippen molar-refractivity contribution in [1.29, 1.82) is 0 Å². The summed E-state index contributed by atoms with van der Waals surface area (Å²) in [5.41, 5.74) is 5.07. The lowest BCUT2D eigenvalue weighted by molar-refractivity contribution is 0.0381. The fraction of sp³-hybridized carbons (Fsp3) is 0.478. The summed E-state index contributed by atoms with van der Waals surface area (Å²) in [5.74, 6) is -0.247. The zero-order chi connectivity index (χ0) is 20.5. The first kappa shape index (κ1) is 20.3. The number of hydrogen-bond donors (Lipinski definition) is 1. The minimum atomic E-state index is -0.442. The lowest BCUT2D eigenvalue weighted by Gasteiger charge is -2.24. The van der Waals surface area contributed by atoms with Crippen molar-refractivity contribution in [3.63, 3.8) is 0 Å². The van der Waals surface area contributed by atoms with Gasteiger partial charge in [0.05, 0.1) is 6.61 Å². The molecular formula is C23H29NO4. The van der Waals surface area contributed by atoms with Crippen LogP contribution in [0.5, 0.6) is 0 Å². The Balaban J connectivity index is 1.82. The van der Waals surface area contributed by atoms with Gasteiger partial charge < -0.3 is 14.5 Å². The van der Waals surface area contributed by atoms with E-state index in [4.69, 9.17) is 9.47 Å². The molecule has 0 spiro atoms. The van der Waals surface area contributed by atoms with Crippen molar-refractivity contribution in [3.8, 4) is 0 Å². The lowest BCUT2D eigenvalue weighted by atomic mass is 9.80. The summed E-state index contributed by atoms with van der Waals surface area (Å²) in [4.78, 5) is 28.3. The Hall–Kier alpha value is -2.40. The molecule has 3 rings (SSSR count). The van der Waals surface area contributed by atoms with Crippen LogP contribution in [-0.4, -0.2) is 37.1 Å². The van der Waals surface area contributed by atoms with Gasteiger partial charge in [-0.2, -0.15) is 0 Å². The number of methoxy groups -OCH3 is 1. The molecule has 5 heteroatoms. The van der Waals surface area contributed by atoms with Gasteiger partial charge in [-0.15, -0.1) is 0 Å². The number of H-pyrrole nitrogens is 1. The first-order valence-electron chi connectivity index (χ1n) is 9.73. The predicted molar refractivity (Wildman–Crippen MR) is 108 cm³/mol. The van der Waals surface area contributed by atoms with E-state index in [-0.39, 0.29) is 23.7 Å². The quantitative estimate of drug-likeness (QED) is 0.616. The Bertz CT molecular complexity index is 871. The summed E-state index contributed by atoms with van der Waals surface area (Å²) in [7, 11) is 1.55. The van der Waals surface area contributed by atoms with Gasteiger partial charge in [0.25, 0.3) is 0 Å². The number of hydrogen-bond acceptors (Lipinski definition) is 4. The number of carbonyl (C=O) groups excluding carboxylic acids is 2. The van der Waals surface area contributed by atoms with E-state index in [1.54, 1.807) is 14.0 Å². The minimum Gasteiger partial charge on any atom is -0.459 e. The first-order valence-corrected chi connectivity index (χ1v) is 9.73. The van der Waals surface area contributed by atoms with Gasteiger partial charge in [0.2, 0.25) is 0 Å². The van der Waals surface area contributed by atoms with Crippen LogP contribution in [0.15, 0.2) is 24.3 Å². The van der Waals surface area contributed by atoms with E-state index in [1.807, 2.05) is 0 Å². The maximum absolute atomic E-state index is 12.8. The molecule has 1 N–H and O–H groups in total. The zero-order valence-electron chi connectivity index (χ0n) is 17.3. The number of aromatic amines is 1. The molecule has 28 heavy (non-hydrogen) atoms. The molecule has 2 aromatic rings. The third-order valence-electron chi connectivity index (χ3n) is 5.46. The first-order chi connectivity index (χ1) is 13.2. The van der Waals surface area contributed by atoms with Crippen molar-refractivity contribution in [3.05, 3.63) is 57.9 Å². The molecule has 0 radical (unpaired) electrons.